The number of rotatable bonds is 4. The van der Waals surface area contributed by atoms with Crippen LogP contribution in [0.5, 0.6) is 0 Å². The van der Waals surface area contributed by atoms with Crippen molar-refractivity contribution in [1.82, 2.24) is 9.38 Å². The topological polar surface area (TPSA) is 17.3 Å². The van der Waals surface area contributed by atoms with Gasteiger partial charge in [-0.2, -0.15) is 0 Å². The van der Waals surface area contributed by atoms with Gasteiger partial charge < -0.3 is 4.40 Å². The van der Waals surface area contributed by atoms with Gasteiger partial charge in [0, 0.05) is 22.7 Å². The van der Waals surface area contributed by atoms with Crippen molar-refractivity contribution in [3.05, 3.63) is 93.2 Å². The Morgan fingerprint density at radius 1 is 0.844 bits per heavy atom. The van der Waals surface area contributed by atoms with E-state index in [9.17, 15) is 0 Å². The summed E-state index contributed by atoms with van der Waals surface area (Å²) in [6.07, 6.45) is 9.21. The number of imidazole rings is 1. The SMILES string of the molecule is Clc1ccc(-c2nc3ccccn3c2C2CCCC(Cc3ccc(Cl)c(Cl)c3)CC2)cc1. The van der Waals surface area contributed by atoms with Crippen LogP contribution in [0.4, 0.5) is 0 Å². The molecule has 32 heavy (non-hydrogen) atoms. The smallest absolute Gasteiger partial charge is 0.137 e. The fourth-order valence-corrected chi connectivity index (χ4v) is 5.53. The second-order valence-corrected chi connectivity index (χ2v) is 10.1. The van der Waals surface area contributed by atoms with Crippen LogP contribution in [0.3, 0.4) is 0 Å². The van der Waals surface area contributed by atoms with Gasteiger partial charge in [-0.1, -0.05) is 71.9 Å². The molecule has 2 heterocycles. The van der Waals surface area contributed by atoms with Crippen molar-refractivity contribution in [2.75, 3.05) is 0 Å². The van der Waals surface area contributed by atoms with Crippen molar-refractivity contribution < 1.29 is 0 Å². The van der Waals surface area contributed by atoms with Crippen molar-refractivity contribution in [3.63, 3.8) is 0 Å². The molecule has 4 aromatic rings. The summed E-state index contributed by atoms with van der Waals surface area (Å²) in [6, 6.07) is 20.3. The molecule has 2 atom stereocenters. The molecule has 0 N–H and O–H groups in total. The summed E-state index contributed by atoms with van der Waals surface area (Å²) in [5.74, 6) is 1.15. The normalized spacial score (nSPS) is 19.2. The lowest BCUT2D eigenvalue weighted by molar-refractivity contribution is 0.453. The molecule has 1 aliphatic rings. The van der Waals surface area contributed by atoms with Crippen LogP contribution >= 0.6 is 34.8 Å². The number of halogens is 3. The second-order valence-electron chi connectivity index (χ2n) is 8.81. The first-order valence-corrected chi connectivity index (χ1v) is 12.4. The molecule has 2 nitrogen and oxygen atoms in total. The Kier molecular flexibility index (Phi) is 6.46. The Morgan fingerprint density at radius 3 is 2.50 bits per heavy atom. The Hall–Kier alpha value is -2.00. The second kappa shape index (κ2) is 9.47. The first-order valence-electron chi connectivity index (χ1n) is 11.3. The molecule has 2 aromatic heterocycles. The van der Waals surface area contributed by atoms with E-state index in [1.165, 1.54) is 36.9 Å². The molecule has 5 rings (SSSR count). The van der Waals surface area contributed by atoms with Gasteiger partial charge in [0.2, 0.25) is 0 Å². The maximum absolute atomic E-state index is 6.25. The van der Waals surface area contributed by atoms with Crippen molar-refractivity contribution in [2.24, 2.45) is 5.92 Å². The molecule has 5 heteroatoms. The highest BCUT2D eigenvalue weighted by Crippen LogP contribution is 2.40. The molecular formula is C27H25Cl3N2. The summed E-state index contributed by atoms with van der Waals surface area (Å²) in [7, 11) is 0. The van der Waals surface area contributed by atoms with Crippen molar-refractivity contribution >= 4 is 40.4 Å². The van der Waals surface area contributed by atoms with E-state index < -0.39 is 0 Å². The van der Waals surface area contributed by atoms with Crippen LogP contribution in [0.2, 0.25) is 15.1 Å². The van der Waals surface area contributed by atoms with Crippen molar-refractivity contribution in [2.45, 2.75) is 44.4 Å². The van der Waals surface area contributed by atoms with Gasteiger partial charge in [0.05, 0.1) is 21.4 Å². The predicted molar refractivity (Wildman–Crippen MR) is 135 cm³/mol. The number of benzene rings is 2. The first kappa shape index (κ1) is 21.8. The van der Waals surface area contributed by atoms with Crippen LogP contribution in [-0.4, -0.2) is 9.38 Å². The molecular weight excluding hydrogens is 459 g/mol. The molecule has 164 valence electrons. The predicted octanol–water partition coefficient (Wildman–Crippen LogP) is 8.87. The summed E-state index contributed by atoms with van der Waals surface area (Å²) in [6.45, 7) is 0. The maximum atomic E-state index is 6.25. The van der Waals surface area contributed by atoms with Crippen LogP contribution < -0.4 is 0 Å². The summed E-state index contributed by atoms with van der Waals surface area (Å²) < 4.78 is 2.29. The highest BCUT2D eigenvalue weighted by atomic mass is 35.5. The largest absolute Gasteiger partial charge is 0.303 e. The number of fused-ring (bicyclic) bond motifs is 1. The molecule has 1 aliphatic carbocycles. The number of hydrogen-bond donors (Lipinski definition) is 0. The van der Waals surface area contributed by atoms with E-state index in [1.807, 2.05) is 24.3 Å². The molecule has 0 spiro atoms. The minimum absolute atomic E-state index is 0.483. The van der Waals surface area contributed by atoms with Gasteiger partial charge >= 0.3 is 0 Å². The van der Waals surface area contributed by atoms with E-state index in [2.05, 4.69) is 47.0 Å². The average Bonchev–Trinajstić information content (AvgIpc) is 3.03. The molecule has 1 fully saturated rings. The van der Waals surface area contributed by atoms with E-state index in [4.69, 9.17) is 39.8 Å². The third kappa shape index (κ3) is 4.55. The molecule has 0 radical (unpaired) electrons. The lowest BCUT2D eigenvalue weighted by Crippen LogP contribution is -2.05. The first-order chi connectivity index (χ1) is 15.6. The zero-order chi connectivity index (χ0) is 22.1. The third-order valence-corrected chi connectivity index (χ3v) is 7.66. The van der Waals surface area contributed by atoms with Crippen LogP contribution in [0.15, 0.2) is 66.9 Å². The van der Waals surface area contributed by atoms with E-state index in [0.29, 0.717) is 21.9 Å². The van der Waals surface area contributed by atoms with Gasteiger partial charge in [0.15, 0.2) is 0 Å². The van der Waals surface area contributed by atoms with Crippen molar-refractivity contribution in [1.29, 1.82) is 0 Å². The Morgan fingerprint density at radius 2 is 1.69 bits per heavy atom. The number of aromatic nitrogens is 2. The highest BCUT2D eigenvalue weighted by molar-refractivity contribution is 6.42. The Balaban J connectivity index is 1.42. The zero-order valence-electron chi connectivity index (χ0n) is 17.8. The number of nitrogens with zero attached hydrogens (tertiary/aromatic N) is 2. The average molecular weight is 484 g/mol. The lowest BCUT2D eigenvalue weighted by Gasteiger charge is -2.17. The summed E-state index contributed by atoms with van der Waals surface area (Å²) in [5, 5.41) is 2.02. The van der Waals surface area contributed by atoms with Crippen LogP contribution in [0.1, 0.15) is 49.3 Å². The maximum Gasteiger partial charge on any atom is 0.137 e. The minimum atomic E-state index is 0.483. The van der Waals surface area contributed by atoms with Gasteiger partial charge in [0.25, 0.3) is 0 Å². The van der Waals surface area contributed by atoms with Gasteiger partial charge in [-0.05, 0) is 73.6 Å². The van der Waals surface area contributed by atoms with Gasteiger partial charge in [-0.3, -0.25) is 0 Å². The van der Waals surface area contributed by atoms with Crippen LogP contribution in [-0.2, 0) is 6.42 Å². The molecule has 2 unspecified atom stereocenters. The zero-order valence-corrected chi connectivity index (χ0v) is 20.0. The molecule has 0 aliphatic heterocycles. The lowest BCUT2D eigenvalue weighted by atomic mass is 9.90. The minimum Gasteiger partial charge on any atom is -0.303 e. The molecule has 1 saturated carbocycles. The summed E-state index contributed by atoms with van der Waals surface area (Å²) in [5.41, 5.74) is 5.83. The van der Waals surface area contributed by atoms with Crippen molar-refractivity contribution in [3.8, 4) is 11.3 Å². The van der Waals surface area contributed by atoms with Crippen LogP contribution in [0, 0.1) is 5.92 Å². The monoisotopic (exact) mass is 482 g/mol. The Bertz CT molecular complexity index is 1230. The summed E-state index contributed by atoms with van der Waals surface area (Å²) >= 11 is 18.5. The van der Waals surface area contributed by atoms with Gasteiger partial charge in [-0.15, -0.1) is 0 Å². The third-order valence-electron chi connectivity index (χ3n) is 6.67. The molecule has 0 saturated heterocycles. The van der Waals surface area contributed by atoms with Crippen LogP contribution in [0.25, 0.3) is 16.9 Å². The fourth-order valence-electron chi connectivity index (χ4n) is 5.08. The van der Waals surface area contributed by atoms with Gasteiger partial charge in [0.1, 0.15) is 5.65 Å². The standard InChI is InChI=1S/C27H25Cl3N2/c28-22-12-10-20(11-13-22)26-27(32-15-2-1-6-25(32)31-26)21-5-3-4-18(7-9-21)16-19-8-14-23(29)24(30)17-19/h1-2,6,8,10-15,17-18,21H,3-5,7,9,16H2. The quantitative estimate of drug-likeness (QED) is 0.265. The molecule has 0 amide bonds. The highest BCUT2D eigenvalue weighted by Gasteiger charge is 2.26. The molecule has 2 aromatic carbocycles. The molecule has 0 bridgehead atoms. The van der Waals surface area contributed by atoms with E-state index in [-0.39, 0.29) is 0 Å². The number of hydrogen-bond acceptors (Lipinski definition) is 1. The Labute approximate surface area is 204 Å². The summed E-state index contributed by atoms with van der Waals surface area (Å²) in [4.78, 5) is 5.02. The number of pyridine rings is 1. The van der Waals surface area contributed by atoms with E-state index in [1.54, 1.807) is 0 Å². The van der Waals surface area contributed by atoms with Gasteiger partial charge in [-0.25, -0.2) is 4.98 Å². The fraction of sp³-hybridized carbons (Fsp3) is 0.296. The van der Waals surface area contributed by atoms with E-state index >= 15 is 0 Å². The van der Waals surface area contributed by atoms with E-state index in [0.717, 1.165) is 34.8 Å².